The number of hydrogen-bond donors (Lipinski definition) is 1. The van der Waals surface area contributed by atoms with Crippen molar-refractivity contribution in [3.05, 3.63) is 35.9 Å². The molecule has 8 heteroatoms. The van der Waals surface area contributed by atoms with Crippen molar-refractivity contribution in [2.24, 2.45) is 11.7 Å². The molecule has 2 N–H and O–H groups in total. The Kier molecular flexibility index (Phi) is 5.96. The first-order valence-electron chi connectivity index (χ1n) is 11.0. The van der Waals surface area contributed by atoms with Crippen molar-refractivity contribution in [1.82, 2.24) is 14.7 Å². The molecule has 0 bridgehead atoms. The predicted molar refractivity (Wildman–Crippen MR) is 113 cm³/mol. The Morgan fingerprint density at radius 3 is 2.48 bits per heavy atom. The van der Waals surface area contributed by atoms with Gasteiger partial charge in [-0.3, -0.25) is 14.4 Å². The highest BCUT2D eigenvalue weighted by atomic mass is 16.2. The van der Waals surface area contributed by atoms with Crippen molar-refractivity contribution in [2.45, 2.75) is 50.2 Å². The van der Waals surface area contributed by atoms with E-state index in [0.29, 0.717) is 45.4 Å². The van der Waals surface area contributed by atoms with Crippen LogP contribution in [0.25, 0.3) is 0 Å². The van der Waals surface area contributed by atoms with Crippen LogP contribution in [-0.2, 0) is 14.4 Å². The first-order chi connectivity index (χ1) is 14.9. The lowest BCUT2D eigenvalue weighted by Gasteiger charge is -2.38. The second-order valence-electron chi connectivity index (χ2n) is 8.85. The molecule has 5 atom stereocenters. The van der Waals surface area contributed by atoms with Crippen molar-refractivity contribution >= 4 is 17.7 Å². The van der Waals surface area contributed by atoms with Crippen LogP contribution in [0.2, 0.25) is 0 Å². The second-order valence-corrected chi connectivity index (χ2v) is 8.85. The Bertz CT molecular complexity index is 898. The maximum atomic E-state index is 13.5. The summed E-state index contributed by atoms with van der Waals surface area (Å²) in [6, 6.07) is 10.7. The summed E-state index contributed by atoms with van der Waals surface area (Å²) >= 11 is 0. The van der Waals surface area contributed by atoms with Crippen molar-refractivity contribution < 1.29 is 14.4 Å². The van der Waals surface area contributed by atoms with Crippen LogP contribution in [0.4, 0.5) is 0 Å². The summed E-state index contributed by atoms with van der Waals surface area (Å²) in [7, 11) is 0. The van der Waals surface area contributed by atoms with Gasteiger partial charge in [0.25, 0.3) is 0 Å². The zero-order valence-corrected chi connectivity index (χ0v) is 17.8. The molecule has 3 aliphatic rings. The molecule has 3 aliphatic heterocycles. The van der Waals surface area contributed by atoms with Crippen LogP contribution in [0.5, 0.6) is 0 Å². The highest BCUT2D eigenvalue weighted by molar-refractivity contribution is 5.91. The number of fused-ring (bicyclic) bond motifs is 1. The minimum absolute atomic E-state index is 0.0363. The van der Waals surface area contributed by atoms with E-state index >= 15 is 0 Å². The predicted octanol–water partition coefficient (Wildman–Crippen LogP) is 0.691. The number of carbonyl (C=O) groups is 3. The fourth-order valence-corrected chi connectivity index (χ4v) is 5.24. The van der Waals surface area contributed by atoms with E-state index in [1.54, 1.807) is 14.7 Å². The van der Waals surface area contributed by atoms with E-state index in [-0.39, 0.29) is 35.6 Å². The number of carbonyl (C=O) groups excluding carboxylic acids is 3. The number of nitriles is 1. The Morgan fingerprint density at radius 1 is 1.06 bits per heavy atom. The highest BCUT2D eigenvalue weighted by Gasteiger charge is 2.47. The molecule has 0 radical (unpaired) electrons. The van der Waals surface area contributed by atoms with E-state index in [2.05, 4.69) is 6.07 Å². The summed E-state index contributed by atoms with van der Waals surface area (Å²) in [6.45, 7) is 3.25. The van der Waals surface area contributed by atoms with Gasteiger partial charge in [0, 0.05) is 39.0 Å². The number of nitrogens with two attached hydrogens (primary N) is 1. The number of nitrogens with zero attached hydrogens (tertiary/aromatic N) is 4. The molecule has 0 unspecified atom stereocenters. The lowest BCUT2D eigenvalue weighted by atomic mass is 9.90. The molecule has 3 amide bonds. The Balaban J connectivity index is 1.54. The molecular weight excluding hydrogens is 394 g/mol. The van der Waals surface area contributed by atoms with Crippen LogP contribution in [0, 0.1) is 17.2 Å². The smallest absolute Gasteiger partial charge is 0.245 e. The number of likely N-dealkylation sites (tertiary alicyclic amines) is 1. The van der Waals surface area contributed by atoms with E-state index < -0.39 is 12.1 Å². The molecule has 3 saturated heterocycles. The molecule has 0 saturated carbocycles. The second kappa shape index (κ2) is 8.67. The van der Waals surface area contributed by atoms with Gasteiger partial charge in [-0.05, 0) is 24.8 Å². The maximum absolute atomic E-state index is 13.5. The lowest BCUT2D eigenvalue weighted by Crippen LogP contribution is -2.58. The van der Waals surface area contributed by atoms with Crippen LogP contribution >= 0.6 is 0 Å². The molecule has 0 aromatic heterocycles. The fourth-order valence-electron chi connectivity index (χ4n) is 5.24. The van der Waals surface area contributed by atoms with Gasteiger partial charge in [-0.2, -0.15) is 5.26 Å². The quantitative estimate of drug-likeness (QED) is 0.752. The third-order valence-electron chi connectivity index (χ3n) is 6.97. The molecule has 3 heterocycles. The van der Waals surface area contributed by atoms with Crippen LogP contribution < -0.4 is 5.73 Å². The first-order valence-corrected chi connectivity index (χ1v) is 11.0. The molecule has 164 valence electrons. The van der Waals surface area contributed by atoms with E-state index in [0.717, 1.165) is 5.56 Å². The Labute approximate surface area is 182 Å². The summed E-state index contributed by atoms with van der Waals surface area (Å²) < 4.78 is 0. The monoisotopic (exact) mass is 423 g/mol. The average molecular weight is 424 g/mol. The third-order valence-corrected chi connectivity index (χ3v) is 6.97. The highest BCUT2D eigenvalue weighted by Crippen LogP contribution is 2.35. The summed E-state index contributed by atoms with van der Waals surface area (Å²) in [5.41, 5.74) is 7.18. The number of benzene rings is 1. The minimum Gasteiger partial charge on any atom is -0.341 e. The van der Waals surface area contributed by atoms with Crippen molar-refractivity contribution in [3.8, 4) is 6.07 Å². The van der Waals surface area contributed by atoms with Gasteiger partial charge < -0.3 is 20.4 Å². The van der Waals surface area contributed by atoms with E-state index in [4.69, 9.17) is 5.73 Å². The zero-order chi connectivity index (χ0) is 22.1. The summed E-state index contributed by atoms with van der Waals surface area (Å²) in [5.74, 6) is -0.678. The molecule has 8 nitrogen and oxygen atoms in total. The topological polar surface area (TPSA) is 111 Å². The van der Waals surface area contributed by atoms with Crippen molar-refractivity contribution in [1.29, 1.82) is 5.26 Å². The van der Waals surface area contributed by atoms with Gasteiger partial charge in [-0.15, -0.1) is 0 Å². The van der Waals surface area contributed by atoms with Crippen LogP contribution in [0.15, 0.2) is 30.3 Å². The number of hydrogen-bond acceptors (Lipinski definition) is 5. The van der Waals surface area contributed by atoms with Gasteiger partial charge in [0.2, 0.25) is 17.7 Å². The van der Waals surface area contributed by atoms with Gasteiger partial charge >= 0.3 is 0 Å². The van der Waals surface area contributed by atoms with Crippen molar-refractivity contribution in [2.75, 3.05) is 26.2 Å². The maximum Gasteiger partial charge on any atom is 0.245 e. The fraction of sp³-hybridized carbons (Fsp3) is 0.565. The molecule has 3 fully saturated rings. The lowest BCUT2D eigenvalue weighted by molar-refractivity contribution is -0.148. The Hall–Kier alpha value is -2.92. The van der Waals surface area contributed by atoms with E-state index in [1.807, 2.05) is 30.3 Å². The van der Waals surface area contributed by atoms with Gasteiger partial charge in [-0.1, -0.05) is 30.3 Å². The summed E-state index contributed by atoms with van der Waals surface area (Å²) in [4.78, 5) is 43.7. The van der Waals surface area contributed by atoms with Gasteiger partial charge in [0.1, 0.15) is 6.04 Å². The molecule has 31 heavy (non-hydrogen) atoms. The molecule has 4 rings (SSSR count). The van der Waals surface area contributed by atoms with E-state index in [9.17, 15) is 19.6 Å². The average Bonchev–Trinajstić information content (AvgIpc) is 3.39. The van der Waals surface area contributed by atoms with E-state index in [1.165, 1.54) is 6.92 Å². The number of rotatable bonds is 2. The van der Waals surface area contributed by atoms with Gasteiger partial charge in [0.05, 0.1) is 24.1 Å². The number of amides is 3. The minimum atomic E-state index is -0.722. The van der Waals surface area contributed by atoms with Gasteiger partial charge in [-0.25, -0.2) is 0 Å². The van der Waals surface area contributed by atoms with Gasteiger partial charge in [0.15, 0.2) is 0 Å². The zero-order valence-electron chi connectivity index (χ0n) is 17.8. The SMILES string of the molecule is CC(=O)N1CC[C@H](N)C(=O)N2[C@H](CC[C@H]2C(=O)N2C[C@H](c3ccccc3)[C@@H](C#N)C2)C1. The summed E-state index contributed by atoms with van der Waals surface area (Å²) in [5, 5.41) is 9.67. The largest absolute Gasteiger partial charge is 0.341 e. The van der Waals surface area contributed by atoms with Crippen molar-refractivity contribution in [3.63, 3.8) is 0 Å². The molecule has 1 aromatic carbocycles. The molecule has 0 aliphatic carbocycles. The van der Waals surface area contributed by atoms with Crippen LogP contribution in [-0.4, -0.2) is 76.7 Å². The van der Waals surface area contributed by atoms with Crippen LogP contribution in [0.3, 0.4) is 0 Å². The molecular formula is C23H29N5O3. The standard InChI is InChI=1S/C23H29N5O3/c1-15(29)26-10-9-20(25)22(30)28-18(13-26)7-8-21(28)23(31)27-12-17(11-24)19(14-27)16-5-3-2-4-6-16/h2-6,17-21H,7-10,12-14,25H2,1H3/t17-,18+,19+,20-,21-/m0/s1. The summed E-state index contributed by atoms with van der Waals surface area (Å²) in [6.07, 6.45) is 1.60. The first kappa shape index (κ1) is 21.3. The molecule has 1 aromatic rings. The normalized spacial score (nSPS) is 31.1. The van der Waals surface area contributed by atoms with Crippen LogP contribution in [0.1, 0.15) is 37.7 Å². The molecule has 0 spiro atoms. The Morgan fingerprint density at radius 2 is 1.81 bits per heavy atom. The third kappa shape index (κ3) is 4.02.